The molecule has 0 spiro atoms. The molecule has 1 aromatic rings. The highest BCUT2D eigenvalue weighted by Crippen LogP contribution is 2.36. The van der Waals surface area contributed by atoms with Gasteiger partial charge in [0.2, 0.25) is 0 Å². The fourth-order valence-electron chi connectivity index (χ4n) is 3.51. The zero-order valence-corrected chi connectivity index (χ0v) is 12.2. The highest BCUT2D eigenvalue weighted by Gasteiger charge is 2.42. The van der Waals surface area contributed by atoms with Crippen LogP contribution in [0, 0.1) is 0 Å². The van der Waals surface area contributed by atoms with Gasteiger partial charge in [0.05, 0.1) is 12.2 Å². The first-order valence-corrected chi connectivity index (χ1v) is 7.60. The number of amides is 2. The summed E-state index contributed by atoms with van der Waals surface area (Å²) in [5.74, 6) is 0. The zero-order chi connectivity index (χ0) is 15.0. The topological polar surface area (TPSA) is 72.8 Å². The van der Waals surface area contributed by atoms with Crippen molar-refractivity contribution in [3.05, 3.63) is 29.8 Å². The highest BCUT2D eigenvalue weighted by atomic mass is 16.3. The number of benzene rings is 1. The summed E-state index contributed by atoms with van der Waals surface area (Å²) in [4.78, 5) is 14.3. The maximum absolute atomic E-state index is 12.4. The minimum Gasteiger partial charge on any atom is -0.393 e. The van der Waals surface area contributed by atoms with Crippen LogP contribution in [0.15, 0.2) is 24.3 Å². The van der Waals surface area contributed by atoms with Crippen LogP contribution in [0.4, 0.5) is 10.5 Å². The van der Waals surface area contributed by atoms with E-state index in [4.69, 9.17) is 0 Å². The Hall–Kier alpha value is -1.59. The molecule has 5 heteroatoms. The first-order valence-electron chi connectivity index (χ1n) is 7.60. The molecule has 0 radical (unpaired) electrons. The molecule has 21 heavy (non-hydrogen) atoms. The molecule has 3 N–H and O–H groups in total. The number of piperidine rings is 1. The number of nitrogens with zero attached hydrogens (tertiary/aromatic N) is 1. The summed E-state index contributed by atoms with van der Waals surface area (Å²) < 4.78 is 0. The van der Waals surface area contributed by atoms with Gasteiger partial charge in [-0.25, -0.2) is 4.79 Å². The molecule has 2 aliphatic heterocycles. The number of rotatable bonds is 2. The van der Waals surface area contributed by atoms with Gasteiger partial charge in [0.15, 0.2) is 0 Å². The van der Waals surface area contributed by atoms with Gasteiger partial charge in [-0.2, -0.15) is 0 Å². The van der Waals surface area contributed by atoms with E-state index in [0.717, 1.165) is 24.1 Å². The van der Waals surface area contributed by atoms with Crippen LogP contribution < -0.4 is 5.32 Å². The van der Waals surface area contributed by atoms with E-state index in [1.807, 2.05) is 17.0 Å². The number of urea groups is 1. The number of fused-ring (bicyclic) bond motifs is 2. The minimum atomic E-state index is -0.505. The maximum atomic E-state index is 12.4. The first-order chi connectivity index (χ1) is 10.0. The molecule has 5 nitrogen and oxygen atoms in total. The predicted octanol–water partition coefficient (Wildman–Crippen LogP) is 2.26. The van der Waals surface area contributed by atoms with Crippen LogP contribution in [0.3, 0.4) is 0 Å². The summed E-state index contributed by atoms with van der Waals surface area (Å²) in [6.07, 6.45) is 2.56. The van der Waals surface area contributed by atoms with Gasteiger partial charge >= 0.3 is 6.03 Å². The smallest absolute Gasteiger partial charge is 0.322 e. The molecule has 3 rings (SSSR count). The normalized spacial score (nSPS) is 29.3. The Kier molecular flexibility index (Phi) is 3.87. The lowest BCUT2D eigenvalue weighted by Gasteiger charge is -2.37. The third-order valence-electron chi connectivity index (χ3n) is 4.59. The van der Waals surface area contributed by atoms with Crippen molar-refractivity contribution in [1.29, 1.82) is 0 Å². The second-order valence-corrected chi connectivity index (χ2v) is 6.15. The quantitative estimate of drug-likeness (QED) is 0.782. The standard InChI is InChI=1S/C16H22N2O3/c1-10(19)11-2-4-12(5-3-11)17-16(21)18-13-6-7-14(18)9-15(20)8-13/h2-5,10,13-15,19-20H,6-9H2,1H3,(H,17,21). The van der Waals surface area contributed by atoms with E-state index in [0.29, 0.717) is 12.8 Å². The number of hydrogen-bond acceptors (Lipinski definition) is 3. The zero-order valence-electron chi connectivity index (χ0n) is 12.2. The van der Waals surface area contributed by atoms with Crippen LogP contribution in [-0.2, 0) is 0 Å². The monoisotopic (exact) mass is 290 g/mol. The number of hydrogen-bond donors (Lipinski definition) is 3. The lowest BCUT2D eigenvalue weighted by Crippen LogP contribution is -2.49. The fraction of sp³-hybridized carbons (Fsp3) is 0.562. The van der Waals surface area contributed by atoms with E-state index in [1.54, 1.807) is 19.1 Å². The molecule has 2 fully saturated rings. The van der Waals surface area contributed by atoms with Crippen molar-refractivity contribution in [2.45, 2.75) is 56.9 Å². The van der Waals surface area contributed by atoms with Crippen LogP contribution in [0.5, 0.6) is 0 Å². The molecule has 0 aromatic heterocycles. The molecule has 2 bridgehead atoms. The molecular formula is C16H22N2O3. The van der Waals surface area contributed by atoms with Crippen molar-refractivity contribution in [3.8, 4) is 0 Å². The van der Waals surface area contributed by atoms with E-state index in [2.05, 4.69) is 5.32 Å². The van der Waals surface area contributed by atoms with Gasteiger partial charge in [-0.15, -0.1) is 0 Å². The lowest BCUT2D eigenvalue weighted by molar-refractivity contribution is 0.0580. The summed E-state index contributed by atoms with van der Waals surface area (Å²) >= 11 is 0. The summed E-state index contributed by atoms with van der Waals surface area (Å²) in [6, 6.07) is 7.48. The number of carbonyl (C=O) groups is 1. The molecule has 2 saturated heterocycles. The Labute approximate surface area is 124 Å². The van der Waals surface area contributed by atoms with Crippen LogP contribution in [0.1, 0.15) is 44.3 Å². The average molecular weight is 290 g/mol. The molecule has 2 aliphatic rings. The summed E-state index contributed by atoms with van der Waals surface area (Å²) in [5.41, 5.74) is 1.56. The van der Waals surface area contributed by atoms with Gasteiger partial charge in [-0.3, -0.25) is 0 Å². The van der Waals surface area contributed by atoms with Gasteiger partial charge in [-0.1, -0.05) is 12.1 Å². The third kappa shape index (κ3) is 2.89. The lowest BCUT2D eigenvalue weighted by atomic mass is 10.0. The van der Waals surface area contributed by atoms with E-state index in [9.17, 15) is 15.0 Å². The molecule has 2 amide bonds. The fourth-order valence-corrected chi connectivity index (χ4v) is 3.51. The third-order valence-corrected chi connectivity index (χ3v) is 4.59. The van der Waals surface area contributed by atoms with Crippen molar-refractivity contribution in [2.75, 3.05) is 5.32 Å². The number of aliphatic hydroxyl groups is 2. The molecular weight excluding hydrogens is 268 g/mol. The number of aliphatic hydroxyl groups excluding tert-OH is 2. The Bertz CT molecular complexity index is 501. The summed E-state index contributed by atoms with van der Waals surface area (Å²) in [7, 11) is 0. The van der Waals surface area contributed by atoms with Crippen molar-refractivity contribution >= 4 is 11.7 Å². The Balaban J connectivity index is 1.66. The number of anilines is 1. The molecule has 2 heterocycles. The average Bonchev–Trinajstić information content (AvgIpc) is 2.72. The second kappa shape index (κ2) is 5.66. The largest absolute Gasteiger partial charge is 0.393 e. The Morgan fingerprint density at radius 2 is 1.81 bits per heavy atom. The van der Waals surface area contributed by atoms with Gasteiger partial charge in [0.1, 0.15) is 0 Å². The Morgan fingerprint density at radius 1 is 1.24 bits per heavy atom. The van der Waals surface area contributed by atoms with Gasteiger partial charge in [-0.05, 0) is 50.3 Å². The summed E-state index contributed by atoms with van der Waals surface area (Å²) in [6.45, 7) is 1.71. The maximum Gasteiger partial charge on any atom is 0.322 e. The van der Waals surface area contributed by atoms with Crippen LogP contribution in [0.25, 0.3) is 0 Å². The number of carbonyl (C=O) groups excluding carboxylic acids is 1. The van der Waals surface area contributed by atoms with Gasteiger partial charge < -0.3 is 20.4 Å². The predicted molar refractivity (Wildman–Crippen MR) is 80.0 cm³/mol. The van der Waals surface area contributed by atoms with Crippen LogP contribution in [-0.4, -0.2) is 39.3 Å². The van der Waals surface area contributed by atoms with Crippen molar-refractivity contribution < 1.29 is 15.0 Å². The molecule has 0 saturated carbocycles. The second-order valence-electron chi connectivity index (χ2n) is 6.15. The Morgan fingerprint density at radius 3 is 2.33 bits per heavy atom. The van der Waals surface area contributed by atoms with E-state index >= 15 is 0 Å². The van der Waals surface area contributed by atoms with Crippen molar-refractivity contribution in [3.63, 3.8) is 0 Å². The highest BCUT2D eigenvalue weighted by molar-refractivity contribution is 5.90. The SMILES string of the molecule is CC(O)c1ccc(NC(=O)N2C3CCC2CC(O)C3)cc1. The van der Waals surface area contributed by atoms with E-state index in [-0.39, 0.29) is 24.2 Å². The van der Waals surface area contributed by atoms with E-state index < -0.39 is 6.10 Å². The van der Waals surface area contributed by atoms with Crippen molar-refractivity contribution in [1.82, 2.24) is 4.90 Å². The molecule has 1 aromatic carbocycles. The molecule has 3 unspecified atom stereocenters. The first kappa shape index (κ1) is 14.4. The number of nitrogens with one attached hydrogen (secondary N) is 1. The van der Waals surface area contributed by atoms with Crippen molar-refractivity contribution in [2.24, 2.45) is 0 Å². The molecule has 114 valence electrons. The van der Waals surface area contributed by atoms with Crippen LogP contribution in [0.2, 0.25) is 0 Å². The van der Waals surface area contributed by atoms with Gasteiger partial charge in [0.25, 0.3) is 0 Å². The summed E-state index contributed by atoms with van der Waals surface area (Å²) in [5, 5.41) is 22.2. The molecule has 0 aliphatic carbocycles. The molecule has 3 atom stereocenters. The van der Waals surface area contributed by atoms with Crippen LogP contribution >= 0.6 is 0 Å². The van der Waals surface area contributed by atoms with Gasteiger partial charge in [0, 0.05) is 17.8 Å². The van der Waals surface area contributed by atoms with E-state index in [1.165, 1.54) is 0 Å². The minimum absolute atomic E-state index is 0.0841.